The number of hydrogen-bond donors (Lipinski definition) is 0. The second-order valence-corrected chi connectivity index (χ2v) is 7.64. The van der Waals surface area contributed by atoms with Gasteiger partial charge in [0.15, 0.2) is 5.69 Å². The largest absolute Gasteiger partial charge is 0.493 e. The predicted octanol–water partition coefficient (Wildman–Crippen LogP) is 4.98. The highest BCUT2D eigenvalue weighted by Gasteiger charge is 2.41. The lowest BCUT2D eigenvalue weighted by molar-refractivity contribution is -0.143. The summed E-state index contributed by atoms with van der Waals surface area (Å²) < 4.78 is 52.3. The van der Waals surface area contributed by atoms with Crippen molar-refractivity contribution in [3.05, 3.63) is 47.1 Å². The number of halogens is 3. The third-order valence-corrected chi connectivity index (χ3v) is 5.36. The number of benzene rings is 1. The number of alkyl halides is 3. The normalized spacial score (nSPS) is 14.0. The van der Waals surface area contributed by atoms with Crippen molar-refractivity contribution >= 4 is 17.3 Å². The Bertz CT molecular complexity index is 1060. The van der Waals surface area contributed by atoms with Gasteiger partial charge < -0.3 is 9.47 Å². The monoisotopic (exact) mass is 437 g/mol. The summed E-state index contributed by atoms with van der Waals surface area (Å²) in [6.45, 7) is 2.08. The zero-order chi connectivity index (χ0) is 21.3. The smallest absolute Gasteiger partial charge is 0.434 e. The van der Waals surface area contributed by atoms with E-state index in [1.54, 1.807) is 11.4 Å². The first kappa shape index (κ1) is 20.4. The van der Waals surface area contributed by atoms with Crippen LogP contribution in [0.5, 0.6) is 5.75 Å². The molecule has 158 valence electrons. The zero-order valence-corrected chi connectivity index (χ0v) is 16.8. The molecule has 3 aromatic rings. The highest BCUT2D eigenvalue weighted by molar-refractivity contribution is 7.12. The van der Waals surface area contributed by atoms with Crippen LogP contribution in [0.25, 0.3) is 16.4 Å². The van der Waals surface area contributed by atoms with Crippen molar-refractivity contribution in [3.8, 4) is 22.1 Å². The van der Waals surface area contributed by atoms with Gasteiger partial charge in [-0.3, -0.25) is 0 Å². The van der Waals surface area contributed by atoms with E-state index in [1.807, 2.05) is 18.2 Å². The lowest BCUT2D eigenvalue weighted by Gasteiger charge is -2.11. The lowest BCUT2D eigenvalue weighted by Crippen LogP contribution is -2.18. The number of carbonyl (C=O) groups excluding carboxylic acids is 1. The molecule has 30 heavy (non-hydrogen) atoms. The Balaban J connectivity index is 1.69. The molecule has 1 aliphatic rings. The number of ether oxygens (including phenoxy) is 2. The Morgan fingerprint density at radius 3 is 2.77 bits per heavy atom. The van der Waals surface area contributed by atoms with Crippen molar-refractivity contribution in [2.24, 2.45) is 5.92 Å². The summed E-state index contributed by atoms with van der Waals surface area (Å²) in [7, 11) is 0. The van der Waals surface area contributed by atoms with Gasteiger partial charge in [0, 0.05) is 10.9 Å². The van der Waals surface area contributed by atoms with E-state index in [2.05, 4.69) is 10.1 Å². The van der Waals surface area contributed by atoms with E-state index in [0.29, 0.717) is 34.2 Å². The minimum Gasteiger partial charge on any atom is -0.493 e. The molecule has 2 heterocycles. The van der Waals surface area contributed by atoms with Crippen LogP contribution in [-0.4, -0.2) is 33.9 Å². The van der Waals surface area contributed by atoms with Crippen molar-refractivity contribution in [1.29, 1.82) is 0 Å². The van der Waals surface area contributed by atoms with Crippen LogP contribution in [0.15, 0.2) is 35.8 Å². The van der Waals surface area contributed by atoms with Crippen LogP contribution >= 0.6 is 11.3 Å². The fourth-order valence-electron chi connectivity index (χ4n) is 2.91. The second kappa shape index (κ2) is 8.10. The van der Waals surface area contributed by atoms with Crippen LogP contribution in [0.2, 0.25) is 0 Å². The molecule has 1 fully saturated rings. The molecule has 1 saturated carbocycles. The molecule has 0 bridgehead atoms. The maximum Gasteiger partial charge on any atom is 0.434 e. The quantitative estimate of drug-likeness (QED) is 0.488. The SMILES string of the molecule is CCOC(=O)c1cnn(-c2nc(-c3ccccc3OCC3CC3)cs2)c1C(F)(F)F. The fraction of sp³-hybridized carbons (Fsp3) is 0.350. The van der Waals surface area contributed by atoms with Crippen molar-refractivity contribution in [1.82, 2.24) is 14.8 Å². The van der Waals surface area contributed by atoms with Gasteiger partial charge in [-0.2, -0.15) is 18.3 Å². The van der Waals surface area contributed by atoms with Crippen molar-refractivity contribution < 1.29 is 27.4 Å². The van der Waals surface area contributed by atoms with Gasteiger partial charge in [0.25, 0.3) is 0 Å². The van der Waals surface area contributed by atoms with Gasteiger partial charge in [-0.25, -0.2) is 14.5 Å². The molecule has 0 N–H and O–H groups in total. The number of nitrogens with zero attached hydrogens (tertiary/aromatic N) is 3. The minimum atomic E-state index is -4.81. The Morgan fingerprint density at radius 2 is 2.07 bits per heavy atom. The maximum atomic E-state index is 13.7. The van der Waals surface area contributed by atoms with Gasteiger partial charge in [0.05, 0.1) is 25.1 Å². The number of carbonyl (C=O) groups is 1. The third kappa shape index (κ3) is 4.18. The van der Waals surface area contributed by atoms with Crippen molar-refractivity contribution in [3.63, 3.8) is 0 Å². The summed E-state index contributed by atoms with van der Waals surface area (Å²) in [4.78, 5) is 16.3. The van der Waals surface area contributed by atoms with Crippen LogP contribution in [0.3, 0.4) is 0 Å². The predicted molar refractivity (Wildman–Crippen MR) is 104 cm³/mol. The van der Waals surface area contributed by atoms with Crippen molar-refractivity contribution in [2.45, 2.75) is 25.9 Å². The average Bonchev–Trinajstić information content (AvgIpc) is 3.22. The van der Waals surface area contributed by atoms with E-state index < -0.39 is 23.4 Å². The van der Waals surface area contributed by atoms with E-state index >= 15 is 0 Å². The molecule has 0 radical (unpaired) electrons. The number of thiazole rings is 1. The molecule has 1 aromatic carbocycles. The molecule has 1 aliphatic carbocycles. The van der Waals surface area contributed by atoms with E-state index in [1.165, 1.54) is 6.92 Å². The third-order valence-electron chi connectivity index (χ3n) is 4.54. The first-order valence-corrected chi connectivity index (χ1v) is 10.3. The summed E-state index contributed by atoms with van der Waals surface area (Å²) in [6.07, 6.45) is -1.67. The molecule has 10 heteroatoms. The molecule has 2 aromatic heterocycles. The Hall–Kier alpha value is -2.88. The summed E-state index contributed by atoms with van der Waals surface area (Å²) >= 11 is 0.993. The van der Waals surface area contributed by atoms with Crippen LogP contribution in [-0.2, 0) is 10.9 Å². The topological polar surface area (TPSA) is 66.2 Å². The molecule has 4 rings (SSSR count). The molecular formula is C20H18F3N3O3S. The van der Waals surface area contributed by atoms with Gasteiger partial charge in [0.2, 0.25) is 5.13 Å². The highest BCUT2D eigenvalue weighted by atomic mass is 32.1. The molecule has 0 amide bonds. The lowest BCUT2D eigenvalue weighted by atomic mass is 10.1. The average molecular weight is 437 g/mol. The number of rotatable bonds is 7. The molecule has 0 saturated heterocycles. The first-order valence-electron chi connectivity index (χ1n) is 9.39. The van der Waals surface area contributed by atoms with Gasteiger partial charge in [-0.05, 0) is 37.8 Å². The first-order chi connectivity index (χ1) is 14.4. The Kier molecular flexibility index (Phi) is 5.50. The van der Waals surface area contributed by atoms with Crippen molar-refractivity contribution in [2.75, 3.05) is 13.2 Å². The van der Waals surface area contributed by atoms with Gasteiger partial charge in [-0.1, -0.05) is 12.1 Å². The molecule has 0 atom stereocenters. The maximum absolute atomic E-state index is 13.7. The molecular weight excluding hydrogens is 419 g/mol. The molecule has 0 unspecified atom stereocenters. The van der Waals surface area contributed by atoms with Crippen LogP contribution in [0.1, 0.15) is 35.8 Å². The van der Waals surface area contributed by atoms with Crippen LogP contribution in [0.4, 0.5) is 13.2 Å². The Labute approximate surface area is 174 Å². The number of aromatic nitrogens is 3. The van der Waals surface area contributed by atoms with Crippen LogP contribution in [0, 0.1) is 5.92 Å². The van der Waals surface area contributed by atoms with Gasteiger partial charge in [-0.15, -0.1) is 11.3 Å². The Morgan fingerprint density at radius 1 is 1.30 bits per heavy atom. The molecule has 6 nitrogen and oxygen atoms in total. The highest BCUT2D eigenvalue weighted by Crippen LogP contribution is 2.37. The summed E-state index contributed by atoms with van der Waals surface area (Å²) in [5, 5.41) is 5.40. The number of esters is 1. The zero-order valence-electron chi connectivity index (χ0n) is 16.0. The van der Waals surface area contributed by atoms with Gasteiger partial charge in [0.1, 0.15) is 11.3 Å². The van der Waals surface area contributed by atoms with E-state index in [0.717, 1.165) is 30.4 Å². The summed E-state index contributed by atoms with van der Waals surface area (Å²) in [5.41, 5.74) is -0.691. The summed E-state index contributed by atoms with van der Waals surface area (Å²) in [5.74, 6) is 0.111. The second-order valence-electron chi connectivity index (χ2n) is 6.80. The standard InChI is InChI=1S/C20H18F3N3O3S/c1-2-28-18(27)14-9-24-26(17(14)20(21,22)23)19-25-15(11-30-19)13-5-3-4-6-16(13)29-10-12-7-8-12/h3-6,9,11-12H,2,7-8,10H2,1H3. The van der Waals surface area contributed by atoms with E-state index in [4.69, 9.17) is 9.47 Å². The minimum absolute atomic E-state index is 0.00938. The summed E-state index contributed by atoms with van der Waals surface area (Å²) in [6, 6.07) is 7.26. The molecule has 0 spiro atoms. The molecule has 0 aliphatic heterocycles. The van der Waals surface area contributed by atoms with E-state index in [9.17, 15) is 18.0 Å². The van der Waals surface area contributed by atoms with Crippen LogP contribution < -0.4 is 4.74 Å². The van der Waals surface area contributed by atoms with Gasteiger partial charge >= 0.3 is 12.1 Å². The number of hydrogen-bond acceptors (Lipinski definition) is 6. The van der Waals surface area contributed by atoms with E-state index in [-0.39, 0.29) is 11.7 Å². The number of para-hydroxylation sites is 1. The fourth-order valence-corrected chi connectivity index (χ4v) is 3.69.